The summed E-state index contributed by atoms with van der Waals surface area (Å²) in [6, 6.07) is 13.0. The van der Waals surface area contributed by atoms with Gasteiger partial charge in [0.15, 0.2) is 0 Å². The highest BCUT2D eigenvalue weighted by atomic mass is 32.2. The van der Waals surface area contributed by atoms with Crippen molar-refractivity contribution in [3.63, 3.8) is 0 Å². The summed E-state index contributed by atoms with van der Waals surface area (Å²) in [4.78, 5) is 0.382. The van der Waals surface area contributed by atoms with Crippen LogP contribution in [0.5, 0.6) is 0 Å². The van der Waals surface area contributed by atoms with E-state index in [0.29, 0.717) is 5.56 Å². The van der Waals surface area contributed by atoms with Gasteiger partial charge in [0.05, 0.1) is 21.4 Å². The summed E-state index contributed by atoms with van der Waals surface area (Å²) in [5, 5.41) is 8.86. The molecule has 1 saturated heterocycles. The average Bonchev–Trinajstić information content (AvgIpc) is 3.22. The Labute approximate surface area is 171 Å². The highest BCUT2D eigenvalue weighted by Crippen LogP contribution is 2.27. The number of sulfonamides is 2. The van der Waals surface area contributed by atoms with Crippen LogP contribution in [-0.2, 0) is 32.9 Å². The van der Waals surface area contributed by atoms with Crippen LogP contribution in [-0.4, -0.2) is 51.6 Å². The van der Waals surface area contributed by atoms with Crippen LogP contribution in [0, 0.1) is 11.3 Å². The topological polar surface area (TPSA) is 98.5 Å². The van der Waals surface area contributed by atoms with E-state index in [1.807, 2.05) is 12.1 Å². The zero-order chi connectivity index (χ0) is 20.6. The van der Waals surface area contributed by atoms with Gasteiger partial charge in [0, 0.05) is 26.2 Å². The van der Waals surface area contributed by atoms with Gasteiger partial charge >= 0.3 is 0 Å². The maximum Gasteiger partial charge on any atom is 0.243 e. The molecule has 0 aromatic heterocycles. The summed E-state index contributed by atoms with van der Waals surface area (Å²) in [6.45, 7) is 0.392. The van der Waals surface area contributed by atoms with Crippen molar-refractivity contribution < 1.29 is 16.8 Å². The number of benzene rings is 2. The summed E-state index contributed by atoms with van der Waals surface area (Å²) in [6.07, 6.45) is 2.93. The van der Waals surface area contributed by atoms with E-state index in [-0.39, 0.29) is 36.0 Å². The first-order valence-electron chi connectivity index (χ1n) is 9.45. The predicted octanol–water partition coefficient (Wildman–Crippen LogP) is 1.74. The van der Waals surface area contributed by atoms with Gasteiger partial charge in [0.25, 0.3) is 0 Å². The molecule has 0 N–H and O–H groups in total. The Bertz CT molecular complexity index is 1180. The van der Waals surface area contributed by atoms with Gasteiger partial charge in [0.1, 0.15) is 0 Å². The van der Waals surface area contributed by atoms with E-state index in [1.165, 1.54) is 38.4 Å². The second kappa shape index (κ2) is 7.54. The van der Waals surface area contributed by atoms with Gasteiger partial charge in [-0.2, -0.15) is 13.9 Å². The zero-order valence-electron chi connectivity index (χ0n) is 15.8. The molecule has 152 valence electrons. The molecule has 4 rings (SSSR count). The van der Waals surface area contributed by atoms with Gasteiger partial charge in [0.2, 0.25) is 20.0 Å². The summed E-state index contributed by atoms with van der Waals surface area (Å²) in [5.41, 5.74) is 2.68. The van der Waals surface area contributed by atoms with Crippen molar-refractivity contribution in [3.8, 4) is 6.07 Å². The van der Waals surface area contributed by atoms with E-state index >= 15 is 0 Å². The molecule has 7 nitrogen and oxygen atoms in total. The minimum atomic E-state index is -3.73. The van der Waals surface area contributed by atoms with Crippen LogP contribution >= 0.6 is 0 Å². The van der Waals surface area contributed by atoms with Crippen molar-refractivity contribution in [1.29, 1.82) is 5.26 Å². The van der Waals surface area contributed by atoms with Crippen molar-refractivity contribution in [1.82, 2.24) is 8.61 Å². The lowest BCUT2D eigenvalue weighted by molar-refractivity contribution is 0.273. The minimum absolute atomic E-state index is 0.0898. The SMILES string of the molecule is N#Cc1ccc(S(=O)(=O)N2CCN(S(=O)(=O)c3ccc4c(c3)CCC4)CC2)cc1. The highest BCUT2D eigenvalue weighted by Gasteiger charge is 2.34. The van der Waals surface area contributed by atoms with Gasteiger partial charge in [-0.3, -0.25) is 0 Å². The molecule has 29 heavy (non-hydrogen) atoms. The lowest BCUT2D eigenvalue weighted by Crippen LogP contribution is -2.50. The van der Waals surface area contributed by atoms with Crippen LogP contribution in [0.2, 0.25) is 0 Å². The molecule has 0 unspecified atom stereocenters. The quantitative estimate of drug-likeness (QED) is 0.734. The summed E-state index contributed by atoms with van der Waals surface area (Å²) >= 11 is 0. The van der Waals surface area contributed by atoms with Crippen molar-refractivity contribution in [2.75, 3.05) is 26.2 Å². The van der Waals surface area contributed by atoms with Crippen LogP contribution in [0.25, 0.3) is 0 Å². The first-order valence-corrected chi connectivity index (χ1v) is 12.3. The number of nitriles is 1. The number of hydrogen-bond acceptors (Lipinski definition) is 5. The molecule has 1 aliphatic carbocycles. The van der Waals surface area contributed by atoms with Crippen LogP contribution in [0.4, 0.5) is 0 Å². The summed E-state index contributed by atoms with van der Waals surface area (Å²) < 4.78 is 54.3. The fourth-order valence-corrected chi connectivity index (χ4v) is 6.75. The molecule has 0 saturated carbocycles. The Morgan fingerprint density at radius 2 is 1.24 bits per heavy atom. The monoisotopic (exact) mass is 431 g/mol. The third-order valence-electron chi connectivity index (χ3n) is 5.53. The lowest BCUT2D eigenvalue weighted by atomic mass is 10.1. The number of nitrogens with zero attached hydrogens (tertiary/aromatic N) is 3. The molecule has 0 atom stereocenters. The van der Waals surface area contributed by atoms with Crippen LogP contribution < -0.4 is 0 Å². The maximum atomic E-state index is 13.0. The van der Waals surface area contributed by atoms with E-state index in [2.05, 4.69) is 0 Å². The number of hydrogen-bond donors (Lipinski definition) is 0. The molecule has 9 heteroatoms. The maximum absolute atomic E-state index is 13.0. The Balaban J connectivity index is 1.49. The molecule has 2 aromatic carbocycles. The van der Waals surface area contributed by atoms with E-state index in [9.17, 15) is 16.8 Å². The minimum Gasteiger partial charge on any atom is -0.207 e. The second-order valence-electron chi connectivity index (χ2n) is 7.23. The number of rotatable bonds is 4. The van der Waals surface area contributed by atoms with Crippen molar-refractivity contribution in [2.24, 2.45) is 0 Å². The molecule has 0 amide bonds. The van der Waals surface area contributed by atoms with Gasteiger partial charge in [-0.15, -0.1) is 0 Å². The Morgan fingerprint density at radius 1 is 0.724 bits per heavy atom. The zero-order valence-corrected chi connectivity index (χ0v) is 17.4. The Kier molecular flexibility index (Phi) is 5.21. The van der Waals surface area contributed by atoms with Gasteiger partial charge in [-0.25, -0.2) is 16.8 Å². The fraction of sp³-hybridized carbons (Fsp3) is 0.350. The third-order valence-corrected chi connectivity index (χ3v) is 9.33. The number of piperazine rings is 1. The number of aryl methyl sites for hydroxylation is 2. The molecule has 1 heterocycles. The van der Waals surface area contributed by atoms with Crippen molar-refractivity contribution in [2.45, 2.75) is 29.1 Å². The van der Waals surface area contributed by atoms with E-state index in [4.69, 9.17) is 5.26 Å². The molecule has 0 spiro atoms. The Hall–Kier alpha value is -2.25. The van der Waals surface area contributed by atoms with E-state index in [0.717, 1.165) is 24.8 Å². The largest absolute Gasteiger partial charge is 0.243 e. The molecule has 2 aliphatic rings. The fourth-order valence-electron chi connectivity index (χ4n) is 3.86. The van der Waals surface area contributed by atoms with Gasteiger partial charge in [-0.1, -0.05) is 6.07 Å². The van der Waals surface area contributed by atoms with E-state index in [1.54, 1.807) is 12.1 Å². The van der Waals surface area contributed by atoms with Crippen LogP contribution in [0.1, 0.15) is 23.1 Å². The number of fused-ring (bicyclic) bond motifs is 1. The van der Waals surface area contributed by atoms with Crippen molar-refractivity contribution in [3.05, 3.63) is 59.2 Å². The average molecular weight is 432 g/mol. The summed E-state index contributed by atoms with van der Waals surface area (Å²) in [5.74, 6) is 0. The molecular formula is C20H21N3O4S2. The molecule has 2 aromatic rings. The first-order chi connectivity index (χ1) is 13.8. The lowest BCUT2D eigenvalue weighted by Gasteiger charge is -2.33. The standard InChI is InChI=1S/C20H21N3O4S2/c21-15-16-4-7-19(8-5-16)28(24,25)22-10-12-23(13-11-22)29(26,27)20-9-6-17-2-1-3-18(17)14-20/h4-9,14H,1-3,10-13H2. The van der Waals surface area contributed by atoms with Crippen molar-refractivity contribution >= 4 is 20.0 Å². The summed E-state index contributed by atoms with van der Waals surface area (Å²) in [7, 11) is -7.38. The first kappa shape index (κ1) is 20.0. The highest BCUT2D eigenvalue weighted by molar-refractivity contribution is 7.89. The molecule has 0 bridgehead atoms. The van der Waals surface area contributed by atoms with Crippen LogP contribution in [0.3, 0.4) is 0 Å². The van der Waals surface area contributed by atoms with Crippen LogP contribution in [0.15, 0.2) is 52.3 Å². The van der Waals surface area contributed by atoms with E-state index < -0.39 is 20.0 Å². The molecular weight excluding hydrogens is 410 g/mol. The molecule has 1 fully saturated rings. The molecule has 1 aliphatic heterocycles. The normalized spacial score (nSPS) is 18.3. The third kappa shape index (κ3) is 3.69. The Morgan fingerprint density at radius 3 is 1.83 bits per heavy atom. The predicted molar refractivity (Wildman–Crippen MR) is 107 cm³/mol. The second-order valence-corrected chi connectivity index (χ2v) is 11.1. The van der Waals surface area contributed by atoms with Gasteiger partial charge < -0.3 is 0 Å². The van der Waals surface area contributed by atoms with Gasteiger partial charge in [-0.05, 0) is 66.8 Å². The smallest absolute Gasteiger partial charge is 0.207 e. The molecule has 0 radical (unpaired) electrons.